The van der Waals surface area contributed by atoms with Crippen LogP contribution < -0.4 is 16.0 Å². The Bertz CT molecular complexity index is 1200. The highest BCUT2D eigenvalue weighted by molar-refractivity contribution is 5.94. The van der Waals surface area contributed by atoms with E-state index < -0.39 is 0 Å². The molecule has 1 aliphatic carbocycles. The number of carbonyl (C=O) groups excluding carboxylic acids is 1. The van der Waals surface area contributed by atoms with Crippen LogP contribution in [0.25, 0.3) is 10.9 Å². The Morgan fingerprint density at radius 1 is 1.07 bits per heavy atom. The van der Waals surface area contributed by atoms with Crippen molar-refractivity contribution in [3.05, 3.63) is 69.1 Å². The Morgan fingerprint density at radius 3 is 2.57 bits per heavy atom. The minimum Gasteiger partial charge on any atom is -0.368 e. The number of amides is 1. The van der Waals surface area contributed by atoms with Crippen molar-refractivity contribution >= 4 is 22.5 Å². The van der Waals surface area contributed by atoms with Crippen LogP contribution in [0.1, 0.15) is 23.2 Å². The van der Waals surface area contributed by atoms with E-state index in [2.05, 4.69) is 14.9 Å². The number of hydrogen-bond acceptors (Lipinski definition) is 5. The molecule has 1 saturated carbocycles. The van der Waals surface area contributed by atoms with Crippen LogP contribution in [-0.4, -0.2) is 51.5 Å². The summed E-state index contributed by atoms with van der Waals surface area (Å²) in [6.45, 7) is 3.33. The minimum absolute atomic E-state index is 0.0229. The first kappa shape index (κ1) is 18.6. The second kappa shape index (κ2) is 7.44. The molecule has 154 valence electrons. The molecule has 1 amide bonds. The molecule has 0 radical (unpaired) electrons. The van der Waals surface area contributed by atoms with Crippen molar-refractivity contribution in [2.45, 2.75) is 19.4 Å². The third-order valence-corrected chi connectivity index (χ3v) is 5.92. The Kier molecular flexibility index (Phi) is 4.61. The van der Waals surface area contributed by atoms with Gasteiger partial charge in [0.15, 0.2) is 0 Å². The van der Waals surface area contributed by atoms with Gasteiger partial charge in [-0.25, -0.2) is 4.98 Å². The number of aromatic amines is 1. The number of rotatable bonds is 4. The van der Waals surface area contributed by atoms with Gasteiger partial charge in [0.25, 0.3) is 11.5 Å². The Morgan fingerprint density at radius 2 is 1.87 bits per heavy atom. The highest BCUT2D eigenvalue weighted by atomic mass is 16.2. The lowest BCUT2D eigenvalue weighted by Crippen LogP contribution is -2.48. The van der Waals surface area contributed by atoms with E-state index in [1.54, 1.807) is 21.9 Å². The molecule has 0 unspecified atom stereocenters. The normalized spacial score (nSPS) is 16.8. The van der Waals surface area contributed by atoms with Crippen LogP contribution in [0, 0.1) is 5.92 Å². The first-order valence-electron chi connectivity index (χ1n) is 10.3. The van der Waals surface area contributed by atoms with E-state index in [0.717, 1.165) is 12.2 Å². The molecule has 8 nitrogen and oxygen atoms in total. The van der Waals surface area contributed by atoms with Crippen molar-refractivity contribution in [3.8, 4) is 0 Å². The molecule has 2 aromatic heterocycles. The molecular formula is C22H23N5O3. The summed E-state index contributed by atoms with van der Waals surface area (Å²) >= 11 is 0. The van der Waals surface area contributed by atoms with Crippen LogP contribution in [0.15, 0.2) is 52.4 Å². The molecule has 0 spiro atoms. The molecule has 2 aliphatic rings. The molecule has 3 heterocycles. The minimum atomic E-state index is -0.222. The van der Waals surface area contributed by atoms with Crippen molar-refractivity contribution in [3.63, 3.8) is 0 Å². The average molecular weight is 405 g/mol. The number of aromatic nitrogens is 3. The highest BCUT2D eigenvalue weighted by Gasteiger charge is 2.24. The molecule has 0 atom stereocenters. The van der Waals surface area contributed by atoms with Crippen molar-refractivity contribution in [1.82, 2.24) is 19.4 Å². The lowest BCUT2D eigenvalue weighted by atomic mass is 10.1. The average Bonchev–Trinajstić information content (AvgIpc) is 3.60. The summed E-state index contributed by atoms with van der Waals surface area (Å²) in [5.74, 6) is 0.540. The number of benzene rings is 1. The summed E-state index contributed by atoms with van der Waals surface area (Å²) in [5.41, 5.74) is 2.00. The SMILES string of the molecule is O=C(c1ccc(=O)[nH]c1)N1CCN(c2ccc3c(=O)n(CC4CC4)cnc3c2)CC1. The van der Waals surface area contributed by atoms with Crippen LogP contribution in [-0.2, 0) is 6.54 Å². The van der Waals surface area contributed by atoms with E-state index in [1.807, 2.05) is 18.2 Å². The number of pyridine rings is 1. The molecule has 0 bridgehead atoms. The summed E-state index contributed by atoms with van der Waals surface area (Å²) in [4.78, 5) is 47.6. The van der Waals surface area contributed by atoms with Gasteiger partial charge in [0.05, 0.1) is 22.8 Å². The molecule has 1 aromatic carbocycles. The van der Waals surface area contributed by atoms with Gasteiger partial charge in [-0.15, -0.1) is 0 Å². The third-order valence-electron chi connectivity index (χ3n) is 5.92. The predicted molar refractivity (Wildman–Crippen MR) is 114 cm³/mol. The van der Waals surface area contributed by atoms with Crippen molar-refractivity contribution in [2.75, 3.05) is 31.1 Å². The summed E-state index contributed by atoms with van der Waals surface area (Å²) in [6.07, 6.45) is 5.51. The van der Waals surface area contributed by atoms with Crippen LogP contribution >= 0.6 is 0 Å². The lowest BCUT2D eigenvalue weighted by molar-refractivity contribution is 0.0746. The van der Waals surface area contributed by atoms with Gasteiger partial charge < -0.3 is 14.8 Å². The summed E-state index contributed by atoms with van der Waals surface area (Å²) in [6, 6.07) is 8.70. The molecule has 1 N–H and O–H groups in total. The van der Waals surface area contributed by atoms with E-state index >= 15 is 0 Å². The zero-order valence-corrected chi connectivity index (χ0v) is 16.6. The molecule has 1 saturated heterocycles. The number of nitrogens with one attached hydrogen (secondary N) is 1. The van der Waals surface area contributed by atoms with Gasteiger partial charge in [-0.1, -0.05) is 0 Å². The number of H-pyrrole nitrogens is 1. The first-order valence-corrected chi connectivity index (χ1v) is 10.3. The van der Waals surface area contributed by atoms with Gasteiger partial charge in [-0.05, 0) is 43.0 Å². The largest absolute Gasteiger partial charge is 0.368 e. The summed E-state index contributed by atoms with van der Waals surface area (Å²) in [7, 11) is 0. The lowest BCUT2D eigenvalue weighted by Gasteiger charge is -2.36. The van der Waals surface area contributed by atoms with E-state index in [-0.39, 0.29) is 17.0 Å². The fourth-order valence-corrected chi connectivity index (χ4v) is 3.95. The standard InChI is InChI=1S/C22H23N5O3/c28-20-6-3-16(12-23-20)21(29)26-9-7-25(8-10-26)17-4-5-18-19(11-17)24-14-27(22(18)30)13-15-1-2-15/h3-6,11-12,14-15H,1-2,7-10,13H2,(H,23,28). The maximum absolute atomic E-state index is 12.7. The van der Waals surface area contributed by atoms with Crippen molar-refractivity contribution in [2.24, 2.45) is 5.92 Å². The molecule has 3 aromatic rings. The highest BCUT2D eigenvalue weighted by Crippen LogP contribution is 2.30. The number of hydrogen-bond donors (Lipinski definition) is 1. The second-order valence-corrected chi connectivity index (χ2v) is 8.07. The monoisotopic (exact) mass is 405 g/mol. The first-order chi connectivity index (χ1) is 14.6. The van der Waals surface area contributed by atoms with E-state index in [1.165, 1.54) is 25.1 Å². The molecular weight excluding hydrogens is 382 g/mol. The number of nitrogens with zero attached hydrogens (tertiary/aromatic N) is 4. The molecule has 30 heavy (non-hydrogen) atoms. The van der Waals surface area contributed by atoms with E-state index in [4.69, 9.17) is 0 Å². The number of carbonyl (C=O) groups is 1. The summed E-state index contributed by atoms with van der Waals surface area (Å²) < 4.78 is 1.72. The Labute approximate surface area is 172 Å². The number of piperazine rings is 1. The number of fused-ring (bicyclic) bond motifs is 1. The zero-order chi connectivity index (χ0) is 20.7. The summed E-state index contributed by atoms with van der Waals surface area (Å²) in [5, 5.41) is 0.647. The fraction of sp³-hybridized carbons (Fsp3) is 0.364. The second-order valence-electron chi connectivity index (χ2n) is 8.07. The third kappa shape index (κ3) is 3.60. The Hall–Kier alpha value is -3.42. The predicted octanol–water partition coefficient (Wildman–Crippen LogP) is 1.46. The fourth-order valence-electron chi connectivity index (χ4n) is 3.95. The molecule has 1 aliphatic heterocycles. The maximum Gasteiger partial charge on any atom is 0.261 e. The van der Waals surface area contributed by atoms with Gasteiger partial charge in [-0.3, -0.25) is 19.0 Å². The van der Waals surface area contributed by atoms with Crippen LogP contribution in [0.2, 0.25) is 0 Å². The van der Waals surface area contributed by atoms with E-state index in [9.17, 15) is 14.4 Å². The smallest absolute Gasteiger partial charge is 0.261 e. The topological polar surface area (TPSA) is 91.3 Å². The van der Waals surface area contributed by atoms with Gasteiger partial charge in [0.1, 0.15) is 0 Å². The quantitative estimate of drug-likeness (QED) is 0.710. The van der Waals surface area contributed by atoms with Gasteiger partial charge >= 0.3 is 0 Å². The van der Waals surface area contributed by atoms with E-state index in [0.29, 0.717) is 48.6 Å². The van der Waals surface area contributed by atoms with Gasteiger partial charge in [-0.2, -0.15) is 0 Å². The van der Waals surface area contributed by atoms with Gasteiger partial charge in [0.2, 0.25) is 5.56 Å². The van der Waals surface area contributed by atoms with Crippen LogP contribution in [0.5, 0.6) is 0 Å². The molecule has 2 fully saturated rings. The van der Waals surface area contributed by atoms with Crippen molar-refractivity contribution in [1.29, 1.82) is 0 Å². The Balaban J connectivity index is 1.29. The zero-order valence-electron chi connectivity index (χ0n) is 16.6. The van der Waals surface area contributed by atoms with Crippen LogP contribution in [0.3, 0.4) is 0 Å². The molecule has 8 heteroatoms. The maximum atomic E-state index is 12.7. The van der Waals surface area contributed by atoms with Gasteiger partial charge in [0, 0.05) is 50.7 Å². The van der Waals surface area contributed by atoms with Crippen LogP contribution in [0.4, 0.5) is 5.69 Å². The number of anilines is 1. The molecule has 5 rings (SSSR count). The van der Waals surface area contributed by atoms with Crippen molar-refractivity contribution < 1.29 is 4.79 Å².